The van der Waals surface area contributed by atoms with Gasteiger partial charge in [-0.1, -0.05) is 6.07 Å². The quantitative estimate of drug-likeness (QED) is 0.269. The number of carbonyl (C=O) groups excluding carboxylic acids is 5. The largest absolute Gasteiger partial charge is 0.444 e. The van der Waals surface area contributed by atoms with Crippen LogP contribution in [0.4, 0.5) is 10.5 Å². The van der Waals surface area contributed by atoms with Crippen molar-refractivity contribution >= 4 is 35.4 Å². The van der Waals surface area contributed by atoms with Crippen LogP contribution in [0.1, 0.15) is 67.2 Å². The Morgan fingerprint density at radius 3 is 2.35 bits per heavy atom. The number of carbonyl (C=O) groups is 5. The smallest absolute Gasteiger partial charge is 0.407 e. The van der Waals surface area contributed by atoms with Gasteiger partial charge in [0.25, 0.3) is 17.7 Å². The summed E-state index contributed by atoms with van der Waals surface area (Å²) in [6, 6.07) is 4.10. The Morgan fingerprint density at radius 1 is 0.953 bits per heavy atom. The molecule has 0 spiro atoms. The molecule has 236 valence electrons. The number of nitrogens with one attached hydrogen (secondary N) is 2. The monoisotopic (exact) mass is 601 g/mol. The first-order chi connectivity index (χ1) is 20.5. The van der Waals surface area contributed by atoms with Crippen molar-refractivity contribution in [2.24, 2.45) is 0 Å². The van der Waals surface area contributed by atoms with Gasteiger partial charge < -0.3 is 29.7 Å². The van der Waals surface area contributed by atoms with Gasteiger partial charge in [-0.25, -0.2) is 4.79 Å². The number of nitrogens with zero attached hydrogens (tertiary/aromatic N) is 3. The Morgan fingerprint density at radius 2 is 1.65 bits per heavy atom. The van der Waals surface area contributed by atoms with Gasteiger partial charge in [0.2, 0.25) is 5.91 Å². The van der Waals surface area contributed by atoms with Crippen LogP contribution >= 0.6 is 0 Å². The van der Waals surface area contributed by atoms with Gasteiger partial charge in [0.15, 0.2) is 0 Å². The van der Waals surface area contributed by atoms with Gasteiger partial charge in [0, 0.05) is 51.4 Å². The fourth-order valence-corrected chi connectivity index (χ4v) is 5.42. The second-order valence-electron chi connectivity index (χ2n) is 12.0. The van der Waals surface area contributed by atoms with Crippen molar-refractivity contribution in [1.82, 2.24) is 20.0 Å². The van der Waals surface area contributed by atoms with Gasteiger partial charge in [-0.15, -0.1) is 0 Å². The second-order valence-corrected chi connectivity index (χ2v) is 12.0. The molecule has 1 unspecified atom stereocenters. The molecule has 43 heavy (non-hydrogen) atoms. The predicted octanol–water partition coefficient (Wildman–Crippen LogP) is 1.86. The Kier molecular flexibility index (Phi) is 10.7. The van der Waals surface area contributed by atoms with E-state index in [0.29, 0.717) is 38.7 Å². The number of anilines is 1. The number of likely N-dealkylation sites (N-methyl/N-ethyl adjacent to an activating group) is 1. The van der Waals surface area contributed by atoms with Crippen molar-refractivity contribution in [1.29, 1.82) is 0 Å². The molecule has 0 aromatic heterocycles. The molecule has 0 aliphatic carbocycles. The van der Waals surface area contributed by atoms with Crippen molar-refractivity contribution in [2.45, 2.75) is 64.1 Å². The maximum atomic E-state index is 13.3. The molecule has 2 fully saturated rings. The van der Waals surface area contributed by atoms with Crippen LogP contribution in [0.25, 0.3) is 0 Å². The first-order valence-corrected chi connectivity index (χ1v) is 14.9. The Balaban J connectivity index is 1.10. The van der Waals surface area contributed by atoms with E-state index in [4.69, 9.17) is 14.2 Å². The van der Waals surface area contributed by atoms with E-state index < -0.39 is 29.4 Å². The number of hydrogen-bond acceptors (Lipinski definition) is 10. The normalized spacial score (nSPS) is 20.0. The summed E-state index contributed by atoms with van der Waals surface area (Å²) in [5, 5.41) is 6.11. The van der Waals surface area contributed by atoms with E-state index >= 15 is 0 Å². The van der Waals surface area contributed by atoms with Crippen molar-refractivity contribution in [3.8, 4) is 0 Å². The minimum atomic E-state index is -0.987. The Bertz CT molecular complexity index is 1210. The van der Waals surface area contributed by atoms with Crippen LogP contribution in [-0.4, -0.2) is 122 Å². The number of hydrogen-bond donors (Lipinski definition) is 2. The average molecular weight is 602 g/mol. The van der Waals surface area contributed by atoms with Crippen LogP contribution in [-0.2, 0) is 23.8 Å². The number of piperidine rings is 2. The maximum Gasteiger partial charge on any atom is 0.407 e. The van der Waals surface area contributed by atoms with Crippen LogP contribution in [0.5, 0.6) is 0 Å². The summed E-state index contributed by atoms with van der Waals surface area (Å²) in [7, 11) is 1.37. The molecular weight excluding hydrogens is 558 g/mol. The zero-order valence-corrected chi connectivity index (χ0v) is 25.5. The number of ether oxygens (including phenoxy) is 3. The molecule has 3 aliphatic rings. The molecule has 2 saturated heterocycles. The first kappa shape index (κ1) is 32.4. The summed E-state index contributed by atoms with van der Waals surface area (Å²) in [6.07, 6.45) is 1.59. The fraction of sp³-hybridized carbons (Fsp3) is 0.633. The number of fused-ring (bicyclic) bond motifs is 1. The van der Waals surface area contributed by atoms with Gasteiger partial charge in [0.05, 0.1) is 37.6 Å². The minimum absolute atomic E-state index is 0.0975. The van der Waals surface area contributed by atoms with Crippen LogP contribution in [0.3, 0.4) is 0 Å². The summed E-state index contributed by atoms with van der Waals surface area (Å²) in [6.45, 7) is 10.3. The highest BCUT2D eigenvalue weighted by Crippen LogP contribution is 2.33. The van der Waals surface area contributed by atoms with E-state index in [1.165, 1.54) is 7.05 Å². The number of likely N-dealkylation sites (tertiary alicyclic amines) is 2. The second kappa shape index (κ2) is 14.3. The number of imide groups is 2. The molecule has 13 heteroatoms. The average Bonchev–Trinajstić information content (AvgIpc) is 3.21. The SMILES string of the molecule is CN1C(=O)CCC(N2C(=O)c3cccc(NCCOCCOCCN4CCC(NC(=O)OC(C)(C)C)CC4)c3C2=O)C1=O. The molecule has 4 rings (SSSR count). The standard InChI is InChI=1S/C30H43N5O8/c1-30(2,3)43-29(40)32-20-10-13-34(14-11-20)15-17-42-19-18-41-16-12-31-22-7-5-6-21-25(22)28(39)35(26(21)37)23-8-9-24(36)33(4)27(23)38/h5-7,20,23,31H,8-19H2,1-4H3,(H,32,40). The minimum Gasteiger partial charge on any atom is -0.444 e. The third-order valence-electron chi connectivity index (χ3n) is 7.67. The lowest BCUT2D eigenvalue weighted by molar-refractivity contribution is -0.149. The van der Waals surface area contributed by atoms with Crippen LogP contribution in [0.2, 0.25) is 0 Å². The molecule has 1 atom stereocenters. The highest BCUT2D eigenvalue weighted by atomic mass is 16.6. The third kappa shape index (κ3) is 8.30. The highest BCUT2D eigenvalue weighted by molar-refractivity contribution is 6.25. The van der Waals surface area contributed by atoms with Crippen LogP contribution in [0.15, 0.2) is 18.2 Å². The first-order valence-electron chi connectivity index (χ1n) is 14.9. The lowest BCUT2D eigenvalue weighted by Crippen LogP contribution is -2.54. The molecule has 13 nitrogen and oxygen atoms in total. The lowest BCUT2D eigenvalue weighted by Gasteiger charge is -2.32. The number of alkyl carbamates (subject to hydrolysis) is 1. The zero-order valence-electron chi connectivity index (χ0n) is 25.5. The van der Waals surface area contributed by atoms with E-state index in [9.17, 15) is 24.0 Å². The summed E-state index contributed by atoms with van der Waals surface area (Å²) in [5.41, 5.74) is 0.458. The topological polar surface area (TPSA) is 147 Å². The third-order valence-corrected chi connectivity index (χ3v) is 7.67. The van der Waals surface area contributed by atoms with E-state index in [1.54, 1.807) is 18.2 Å². The highest BCUT2D eigenvalue weighted by Gasteiger charge is 2.47. The zero-order chi connectivity index (χ0) is 31.1. The fourth-order valence-electron chi connectivity index (χ4n) is 5.42. The van der Waals surface area contributed by atoms with Crippen molar-refractivity contribution in [2.75, 3.05) is 65.0 Å². The summed E-state index contributed by atoms with van der Waals surface area (Å²) in [4.78, 5) is 67.0. The van der Waals surface area contributed by atoms with Gasteiger partial charge in [-0.2, -0.15) is 0 Å². The molecule has 5 amide bonds. The van der Waals surface area contributed by atoms with Crippen LogP contribution in [0, 0.1) is 0 Å². The van der Waals surface area contributed by atoms with Crippen molar-refractivity contribution < 1.29 is 38.2 Å². The van der Waals surface area contributed by atoms with E-state index in [1.807, 2.05) is 20.8 Å². The van der Waals surface area contributed by atoms with E-state index in [2.05, 4.69) is 15.5 Å². The maximum absolute atomic E-state index is 13.3. The molecule has 0 bridgehead atoms. The van der Waals surface area contributed by atoms with Gasteiger partial charge in [-0.3, -0.25) is 29.0 Å². The number of amides is 5. The summed E-state index contributed by atoms with van der Waals surface area (Å²) >= 11 is 0. The molecule has 2 N–H and O–H groups in total. The molecule has 0 radical (unpaired) electrons. The molecule has 3 aliphatic heterocycles. The molecule has 0 saturated carbocycles. The Labute approximate surface area is 252 Å². The number of benzene rings is 1. The molecular formula is C30H43N5O8. The molecule has 1 aromatic carbocycles. The Hall–Kier alpha value is -3.55. The predicted molar refractivity (Wildman–Crippen MR) is 157 cm³/mol. The molecule has 1 aromatic rings. The molecule has 3 heterocycles. The summed E-state index contributed by atoms with van der Waals surface area (Å²) in [5.74, 6) is -1.94. The van der Waals surface area contributed by atoms with Crippen molar-refractivity contribution in [3.63, 3.8) is 0 Å². The van der Waals surface area contributed by atoms with Crippen molar-refractivity contribution in [3.05, 3.63) is 29.3 Å². The van der Waals surface area contributed by atoms with Gasteiger partial charge in [0.1, 0.15) is 11.6 Å². The van der Waals surface area contributed by atoms with E-state index in [0.717, 1.165) is 42.3 Å². The lowest BCUT2D eigenvalue weighted by atomic mass is 10.0. The summed E-state index contributed by atoms with van der Waals surface area (Å²) < 4.78 is 16.7. The van der Waals surface area contributed by atoms with Gasteiger partial charge in [-0.05, 0) is 52.2 Å². The number of rotatable bonds is 12. The van der Waals surface area contributed by atoms with E-state index in [-0.39, 0.29) is 42.0 Å². The van der Waals surface area contributed by atoms with Gasteiger partial charge >= 0.3 is 6.09 Å². The van der Waals surface area contributed by atoms with Crippen LogP contribution < -0.4 is 10.6 Å².